The number of aromatic nitrogens is 2. The van der Waals surface area contributed by atoms with Gasteiger partial charge in [-0.05, 0) is 40.7 Å². The smallest absolute Gasteiger partial charge is 0.0644 e. The molecule has 1 heterocycles. The van der Waals surface area contributed by atoms with Gasteiger partial charge < -0.3 is 4.74 Å². The van der Waals surface area contributed by atoms with Gasteiger partial charge in [0.15, 0.2) is 0 Å². The fourth-order valence-corrected chi connectivity index (χ4v) is 1.54. The summed E-state index contributed by atoms with van der Waals surface area (Å²) in [5.41, 5.74) is 3.67. The van der Waals surface area contributed by atoms with E-state index in [1.165, 1.54) is 0 Å². The maximum atomic E-state index is 5.73. The van der Waals surface area contributed by atoms with Gasteiger partial charge in [0.1, 0.15) is 0 Å². The van der Waals surface area contributed by atoms with Gasteiger partial charge in [-0.3, -0.25) is 16.0 Å². The summed E-state index contributed by atoms with van der Waals surface area (Å²) in [7, 11) is 0. The molecule has 0 aliphatic rings. The van der Waals surface area contributed by atoms with E-state index in [0.717, 1.165) is 12.1 Å². The number of hydrazine groups is 1. The first-order valence-corrected chi connectivity index (χ1v) is 6.46. The number of ether oxygens (including phenoxy) is 1. The number of nitrogens with two attached hydrogens (primary N) is 1. The van der Waals surface area contributed by atoms with Crippen LogP contribution in [0.4, 0.5) is 0 Å². The highest BCUT2D eigenvalue weighted by Gasteiger charge is 2.16. The minimum atomic E-state index is -0.146. The number of nitrogens with one attached hydrogen (secondary N) is 1. The van der Waals surface area contributed by atoms with Gasteiger partial charge in [0.25, 0.3) is 0 Å². The fraction of sp³-hybridized carbons (Fsp3) is 0.769. The van der Waals surface area contributed by atoms with Crippen molar-refractivity contribution in [3.63, 3.8) is 0 Å². The van der Waals surface area contributed by atoms with Crippen LogP contribution < -0.4 is 11.3 Å². The summed E-state index contributed by atoms with van der Waals surface area (Å²) in [6, 6.07) is 2.50. The Hall–Kier alpha value is -0.910. The van der Waals surface area contributed by atoms with E-state index >= 15 is 0 Å². The van der Waals surface area contributed by atoms with Crippen LogP contribution in [0.5, 0.6) is 0 Å². The predicted octanol–water partition coefficient (Wildman–Crippen LogP) is 1.65. The number of rotatable bonds is 6. The Morgan fingerprint density at radius 2 is 2.11 bits per heavy atom. The van der Waals surface area contributed by atoms with Crippen LogP contribution in [0.1, 0.15) is 46.4 Å². The molecule has 0 aliphatic carbocycles. The van der Waals surface area contributed by atoms with Crippen molar-refractivity contribution >= 4 is 0 Å². The topological polar surface area (TPSA) is 65.1 Å². The van der Waals surface area contributed by atoms with E-state index in [0.29, 0.717) is 12.6 Å². The SMILES string of the molecule is CC(C)n1ccc(CC(COC(C)(C)C)NN)n1. The lowest BCUT2D eigenvalue weighted by molar-refractivity contribution is -0.0144. The van der Waals surface area contributed by atoms with Crippen LogP contribution in [0.3, 0.4) is 0 Å². The van der Waals surface area contributed by atoms with Crippen molar-refractivity contribution in [1.82, 2.24) is 15.2 Å². The highest BCUT2D eigenvalue weighted by Crippen LogP contribution is 2.10. The minimum absolute atomic E-state index is 0.0831. The van der Waals surface area contributed by atoms with Crippen molar-refractivity contribution in [3.8, 4) is 0 Å². The minimum Gasteiger partial charge on any atom is -0.374 e. The van der Waals surface area contributed by atoms with Crippen LogP contribution in [-0.4, -0.2) is 28.0 Å². The molecule has 1 unspecified atom stereocenters. The molecule has 18 heavy (non-hydrogen) atoms. The lowest BCUT2D eigenvalue weighted by Crippen LogP contribution is -2.42. The normalized spacial score (nSPS) is 14.2. The largest absolute Gasteiger partial charge is 0.374 e. The van der Waals surface area contributed by atoms with Crippen molar-refractivity contribution < 1.29 is 4.74 Å². The maximum Gasteiger partial charge on any atom is 0.0644 e. The summed E-state index contributed by atoms with van der Waals surface area (Å²) in [5.74, 6) is 5.55. The molecule has 5 heteroatoms. The molecule has 0 aliphatic heterocycles. The molecule has 1 aromatic heterocycles. The van der Waals surface area contributed by atoms with Gasteiger partial charge in [-0.15, -0.1) is 0 Å². The number of nitrogens with zero attached hydrogens (tertiary/aromatic N) is 2. The summed E-state index contributed by atoms with van der Waals surface area (Å²) >= 11 is 0. The van der Waals surface area contributed by atoms with Crippen LogP contribution in [0.25, 0.3) is 0 Å². The van der Waals surface area contributed by atoms with Crippen LogP contribution >= 0.6 is 0 Å². The average Bonchev–Trinajstić information content (AvgIpc) is 2.71. The number of hydrogen-bond acceptors (Lipinski definition) is 4. The van der Waals surface area contributed by atoms with E-state index in [-0.39, 0.29) is 11.6 Å². The zero-order valence-electron chi connectivity index (χ0n) is 12.1. The second-order valence-corrected chi connectivity index (χ2v) is 5.87. The van der Waals surface area contributed by atoms with Crippen molar-refractivity contribution in [3.05, 3.63) is 18.0 Å². The summed E-state index contributed by atoms with van der Waals surface area (Å²) in [6.07, 6.45) is 2.77. The Morgan fingerprint density at radius 3 is 2.56 bits per heavy atom. The zero-order chi connectivity index (χ0) is 13.8. The van der Waals surface area contributed by atoms with Gasteiger partial charge in [0.05, 0.1) is 23.9 Å². The van der Waals surface area contributed by atoms with Gasteiger partial charge in [-0.2, -0.15) is 5.10 Å². The Bertz CT molecular complexity index is 354. The molecule has 1 rings (SSSR count). The van der Waals surface area contributed by atoms with E-state index in [1.807, 2.05) is 37.7 Å². The first-order chi connectivity index (χ1) is 8.31. The van der Waals surface area contributed by atoms with E-state index < -0.39 is 0 Å². The summed E-state index contributed by atoms with van der Waals surface area (Å²) in [6.45, 7) is 10.9. The monoisotopic (exact) mass is 254 g/mol. The Balaban J connectivity index is 2.51. The van der Waals surface area contributed by atoms with Gasteiger partial charge in [0, 0.05) is 18.7 Å². The molecule has 0 spiro atoms. The van der Waals surface area contributed by atoms with Gasteiger partial charge in [-0.25, -0.2) is 0 Å². The van der Waals surface area contributed by atoms with Gasteiger partial charge >= 0.3 is 0 Å². The van der Waals surface area contributed by atoms with Crippen molar-refractivity contribution in [2.45, 2.75) is 58.7 Å². The molecule has 5 nitrogen and oxygen atoms in total. The van der Waals surface area contributed by atoms with Crippen LogP contribution in [0, 0.1) is 0 Å². The van der Waals surface area contributed by atoms with Gasteiger partial charge in [-0.1, -0.05) is 0 Å². The van der Waals surface area contributed by atoms with Crippen molar-refractivity contribution in [2.75, 3.05) is 6.61 Å². The molecule has 1 aromatic rings. The molecule has 3 N–H and O–H groups in total. The van der Waals surface area contributed by atoms with Gasteiger partial charge in [0.2, 0.25) is 0 Å². The first-order valence-electron chi connectivity index (χ1n) is 6.46. The molecule has 0 radical (unpaired) electrons. The molecular formula is C13H26N4O. The molecule has 1 atom stereocenters. The molecular weight excluding hydrogens is 228 g/mol. The molecule has 0 bridgehead atoms. The van der Waals surface area contributed by atoms with Crippen molar-refractivity contribution in [2.24, 2.45) is 5.84 Å². The van der Waals surface area contributed by atoms with E-state index in [1.54, 1.807) is 0 Å². The zero-order valence-corrected chi connectivity index (χ0v) is 12.1. The third kappa shape index (κ3) is 5.16. The summed E-state index contributed by atoms with van der Waals surface area (Å²) in [4.78, 5) is 0. The first kappa shape index (κ1) is 15.1. The average molecular weight is 254 g/mol. The quantitative estimate of drug-likeness (QED) is 0.598. The van der Waals surface area contributed by atoms with Crippen LogP contribution in [0.15, 0.2) is 12.3 Å². The standard InChI is InChI=1S/C13H26N4O/c1-10(2)17-7-6-11(16-17)8-12(15-14)9-18-13(3,4)5/h6-7,10,12,15H,8-9,14H2,1-5H3. The number of hydrogen-bond donors (Lipinski definition) is 2. The third-order valence-corrected chi connectivity index (χ3v) is 2.60. The van der Waals surface area contributed by atoms with E-state index in [4.69, 9.17) is 10.6 Å². The van der Waals surface area contributed by atoms with Crippen LogP contribution in [0.2, 0.25) is 0 Å². The van der Waals surface area contributed by atoms with E-state index in [2.05, 4.69) is 24.4 Å². The van der Waals surface area contributed by atoms with Crippen LogP contribution in [-0.2, 0) is 11.2 Å². The molecule has 0 saturated heterocycles. The Labute approximate surface area is 110 Å². The van der Waals surface area contributed by atoms with Crippen molar-refractivity contribution in [1.29, 1.82) is 0 Å². The molecule has 0 amide bonds. The van der Waals surface area contributed by atoms with E-state index in [9.17, 15) is 0 Å². The highest BCUT2D eigenvalue weighted by molar-refractivity contribution is 5.02. The highest BCUT2D eigenvalue weighted by atomic mass is 16.5. The molecule has 0 aromatic carbocycles. The fourth-order valence-electron chi connectivity index (χ4n) is 1.54. The Kier molecular flexibility index (Phi) is 5.31. The third-order valence-electron chi connectivity index (χ3n) is 2.60. The second kappa shape index (κ2) is 6.31. The Morgan fingerprint density at radius 1 is 1.44 bits per heavy atom. The summed E-state index contributed by atoms with van der Waals surface area (Å²) < 4.78 is 7.68. The molecule has 0 fully saturated rings. The molecule has 104 valence electrons. The molecule has 0 saturated carbocycles. The maximum absolute atomic E-state index is 5.73. The lowest BCUT2D eigenvalue weighted by atomic mass is 10.1. The predicted molar refractivity (Wildman–Crippen MR) is 73.1 cm³/mol. The summed E-state index contributed by atoms with van der Waals surface area (Å²) in [5, 5.41) is 4.51. The second-order valence-electron chi connectivity index (χ2n) is 5.87. The lowest BCUT2D eigenvalue weighted by Gasteiger charge is -2.23.